The van der Waals surface area contributed by atoms with Crippen molar-refractivity contribution in [2.75, 3.05) is 0 Å². The molecule has 78 valence electrons. The Kier molecular flexibility index (Phi) is 2.26. The van der Waals surface area contributed by atoms with Crippen LogP contribution in [0.15, 0.2) is 24.4 Å². The van der Waals surface area contributed by atoms with Crippen LogP contribution >= 0.6 is 0 Å². The molecule has 2 aromatic rings. The first-order valence-corrected chi connectivity index (χ1v) is 4.38. The van der Waals surface area contributed by atoms with Crippen LogP contribution < -0.4 is 0 Å². The van der Waals surface area contributed by atoms with Gasteiger partial charge < -0.3 is 4.98 Å². The molecule has 0 atom stereocenters. The van der Waals surface area contributed by atoms with E-state index in [2.05, 4.69) is 4.98 Å². The highest BCUT2D eigenvalue weighted by molar-refractivity contribution is 5.61. The molecule has 0 unspecified atom stereocenters. The normalized spacial score (nSPS) is 10.7. The number of aromatic nitrogens is 1. The smallest absolute Gasteiger partial charge is 0.161 e. The lowest BCUT2D eigenvalue weighted by atomic mass is 10.1. The highest BCUT2D eigenvalue weighted by Gasteiger charge is 2.12. The molecule has 1 N–H and O–H groups in total. The molecule has 0 aliphatic carbocycles. The molecule has 0 fully saturated rings. The maximum Gasteiger partial charge on any atom is 0.161 e. The van der Waals surface area contributed by atoms with E-state index in [0.29, 0.717) is 11.8 Å². The molecule has 0 saturated carbocycles. The first-order chi connectivity index (χ1) is 7.08. The minimum atomic E-state index is -1.18. The average molecular weight is 211 g/mol. The van der Waals surface area contributed by atoms with E-state index in [-0.39, 0.29) is 5.56 Å². The van der Waals surface area contributed by atoms with Crippen molar-refractivity contribution in [1.82, 2.24) is 4.98 Å². The van der Waals surface area contributed by atoms with Crippen molar-refractivity contribution in [1.29, 1.82) is 0 Å². The van der Waals surface area contributed by atoms with E-state index in [1.807, 2.05) is 6.92 Å². The van der Waals surface area contributed by atoms with E-state index >= 15 is 0 Å². The molecule has 1 nitrogen and oxygen atoms in total. The zero-order valence-electron chi connectivity index (χ0n) is 7.94. The molecule has 1 aromatic carbocycles. The number of H-pyrrole nitrogens is 1. The summed E-state index contributed by atoms with van der Waals surface area (Å²) in [6.07, 6.45) is 1.66. The first kappa shape index (κ1) is 9.83. The predicted molar refractivity (Wildman–Crippen MR) is 50.8 cm³/mol. The number of nitrogens with one attached hydrogen (secondary N) is 1. The predicted octanol–water partition coefficient (Wildman–Crippen LogP) is 3.41. The lowest BCUT2D eigenvalue weighted by Crippen LogP contribution is -1.91. The molecule has 0 radical (unpaired) electrons. The van der Waals surface area contributed by atoms with Crippen LogP contribution in [0.1, 0.15) is 5.56 Å². The lowest BCUT2D eigenvalue weighted by molar-refractivity contribution is 0.496. The SMILES string of the molecule is Cc1c[nH]c(-c2cc(F)c(F)cc2F)c1. The van der Waals surface area contributed by atoms with Gasteiger partial charge in [-0.2, -0.15) is 0 Å². The number of benzene rings is 1. The number of aryl methyl sites for hydroxylation is 1. The van der Waals surface area contributed by atoms with Crippen molar-refractivity contribution < 1.29 is 13.2 Å². The van der Waals surface area contributed by atoms with Gasteiger partial charge in [0.2, 0.25) is 0 Å². The summed E-state index contributed by atoms with van der Waals surface area (Å²) in [6, 6.07) is 3.05. The Hall–Kier alpha value is -1.71. The number of rotatable bonds is 1. The number of hydrogen-bond acceptors (Lipinski definition) is 0. The van der Waals surface area contributed by atoms with E-state index in [0.717, 1.165) is 11.6 Å². The van der Waals surface area contributed by atoms with Gasteiger partial charge in [-0.15, -0.1) is 0 Å². The lowest BCUT2D eigenvalue weighted by Gasteiger charge is -2.01. The van der Waals surface area contributed by atoms with E-state index in [9.17, 15) is 13.2 Å². The summed E-state index contributed by atoms with van der Waals surface area (Å²) in [5, 5.41) is 0. The monoisotopic (exact) mass is 211 g/mol. The van der Waals surface area contributed by atoms with Crippen molar-refractivity contribution in [3.05, 3.63) is 47.4 Å². The summed E-state index contributed by atoms with van der Waals surface area (Å²) in [5.74, 6) is -3.02. The molecule has 0 bridgehead atoms. The van der Waals surface area contributed by atoms with Crippen LogP contribution in [0, 0.1) is 24.4 Å². The molecule has 15 heavy (non-hydrogen) atoms. The molecule has 0 amide bonds. The highest BCUT2D eigenvalue weighted by Crippen LogP contribution is 2.24. The van der Waals surface area contributed by atoms with Crippen LogP contribution in [0.4, 0.5) is 13.2 Å². The topological polar surface area (TPSA) is 15.8 Å². The van der Waals surface area contributed by atoms with E-state index in [1.165, 1.54) is 0 Å². The third-order valence-electron chi connectivity index (χ3n) is 2.13. The van der Waals surface area contributed by atoms with Gasteiger partial charge in [0.1, 0.15) is 5.82 Å². The van der Waals surface area contributed by atoms with Crippen LogP contribution in [0.2, 0.25) is 0 Å². The van der Waals surface area contributed by atoms with Crippen molar-refractivity contribution in [2.45, 2.75) is 6.92 Å². The van der Waals surface area contributed by atoms with Gasteiger partial charge in [0, 0.05) is 23.5 Å². The fraction of sp³-hybridized carbons (Fsp3) is 0.0909. The van der Waals surface area contributed by atoms with Crippen molar-refractivity contribution in [3.63, 3.8) is 0 Å². The molecule has 4 heteroatoms. The number of halogens is 3. The molecular formula is C11H8F3N. The van der Waals surface area contributed by atoms with Crippen LogP contribution in [-0.4, -0.2) is 4.98 Å². The second-order valence-corrected chi connectivity index (χ2v) is 3.34. The zero-order chi connectivity index (χ0) is 11.0. The summed E-state index contributed by atoms with van der Waals surface area (Å²) in [7, 11) is 0. The number of hydrogen-bond donors (Lipinski definition) is 1. The molecule has 0 aliphatic rings. The molecule has 0 spiro atoms. The molecule has 0 aliphatic heterocycles. The third-order valence-corrected chi connectivity index (χ3v) is 2.13. The van der Waals surface area contributed by atoms with E-state index in [1.54, 1.807) is 12.3 Å². The van der Waals surface area contributed by atoms with E-state index in [4.69, 9.17) is 0 Å². The molecule has 0 saturated heterocycles. The Balaban J connectivity index is 2.58. The third kappa shape index (κ3) is 1.75. The van der Waals surface area contributed by atoms with E-state index < -0.39 is 17.5 Å². The maximum absolute atomic E-state index is 13.3. The second-order valence-electron chi connectivity index (χ2n) is 3.34. The second kappa shape index (κ2) is 3.46. The van der Waals surface area contributed by atoms with Gasteiger partial charge in [0.25, 0.3) is 0 Å². The summed E-state index contributed by atoms with van der Waals surface area (Å²) < 4.78 is 38.9. The Morgan fingerprint density at radius 1 is 0.933 bits per heavy atom. The van der Waals surface area contributed by atoms with Crippen LogP contribution in [0.3, 0.4) is 0 Å². The highest BCUT2D eigenvalue weighted by atomic mass is 19.2. The van der Waals surface area contributed by atoms with Gasteiger partial charge in [-0.25, -0.2) is 13.2 Å². The van der Waals surface area contributed by atoms with Gasteiger partial charge in [-0.05, 0) is 24.6 Å². The molecule has 2 rings (SSSR count). The number of aromatic amines is 1. The van der Waals surface area contributed by atoms with Crippen LogP contribution in [-0.2, 0) is 0 Å². The molecule has 1 aromatic heterocycles. The summed E-state index contributed by atoms with van der Waals surface area (Å²) in [5.41, 5.74) is 1.36. The van der Waals surface area contributed by atoms with Crippen molar-refractivity contribution in [3.8, 4) is 11.3 Å². The van der Waals surface area contributed by atoms with Crippen molar-refractivity contribution >= 4 is 0 Å². The average Bonchev–Trinajstić information content (AvgIpc) is 2.58. The quantitative estimate of drug-likeness (QED) is 0.696. The zero-order valence-corrected chi connectivity index (χ0v) is 7.94. The Bertz CT molecular complexity index is 503. The Morgan fingerprint density at radius 3 is 2.20 bits per heavy atom. The largest absolute Gasteiger partial charge is 0.361 e. The fourth-order valence-electron chi connectivity index (χ4n) is 1.39. The summed E-state index contributed by atoms with van der Waals surface area (Å²) in [4.78, 5) is 2.78. The first-order valence-electron chi connectivity index (χ1n) is 4.38. The fourth-order valence-corrected chi connectivity index (χ4v) is 1.39. The van der Waals surface area contributed by atoms with Crippen LogP contribution in [0.25, 0.3) is 11.3 Å². The van der Waals surface area contributed by atoms with Gasteiger partial charge in [0.05, 0.1) is 0 Å². The van der Waals surface area contributed by atoms with Crippen LogP contribution in [0.5, 0.6) is 0 Å². The minimum absolute atomic E-state index is 0.0296. The maximum atomic E-state index is 13.3. The van der Waals surface area contributed by atoms with Gasteiger partial charge >= 0.3 is 0 Å². The van der Waals surface area contributed by atoms with Gasteiger partial charge in [0.15, 0.2) is 11.6 Å². The Labute approximate surface area is 84.6 Å². The summed E-state index contributed by atoms with van der Waals surface area (Å²) >= 11 is 0. The molecule has 1 heterocycles. The van der Waals surface area contributed by atoms with Crippen molar-refractivity contribution in [2.24, 2.45) is 0 Å². The minimum Gasteiger partial charge on any atom is -0.361 e. The molecular weight excluding hydrogens is 203 g/mol. The summed E-state index contributed by atoms with van der Waals surface area (Å²) in [6.45, 7) is 1.82. The van der Waals surface area contributed by atoms with Gasteiger partial charge in [-0.3, -0.25) is 0 Å². The van der Waals surface area contributed by atoms with Gasteiger partial charge in [-0.1, -0.05) is 0 Å². The Morgan fingerprint density at radius 2 is 1.60 bits per heavy atom. The standard InChI is InChI=1S/C11H8F3N/c1-6-2-11(15-5-6)7-3-9(13)10(14)4-8(7)12/h2-5,15H,1H3.